The van der Waals surface area contributed by atoms with Crippen molar-refractivity contribution in [3.8, 4) is 0 Å². The fourth-order valence-electron chi connectivity index (χ4n) is 2.25. The van der Waals surface area contributed by atoms with Crippen molar-refractivity contribution in [1.29, 1.82) is 0 Å². The lowest BCUT2D eigenvalue weighted by Crippen LogP contribution is -2.28. The second-order valence-corrected chi connectivity index (χ2v) is 4.19. The third kappa shape index (κ3) is 4.40. The van der Waals surface area contributed by atoms with Crippen molar-refractivity contribution in [2.24, 2.45) is 11.7 Å². The average molecular weight is 201 g/mol. The van der Waals surface area contributed by atoms with Crippen LogP contribution in [0.25, 0.3) is 0 Å². The first-order chi connectivity index (χ1) is 6.86. The van der Waals surface area contributed by atoms with Crippen molar-refractivity contribution in [2.75, 3.05) is 19.8 Å². The lowest BCUT2D eigenvalue weighted by Gasteiger charge is -2.25. The third-order valence-corrected chi connectivity index (χ3v) is 3.03. The Kier molecular flexibility index (Phi) is 6.15. The maximum Gasteiger partial charge on any atom is 0.0702 e. The van der Waals surface area contributed by atoms with Gasteiger partial charge in [0, 0.05) is 6.54 Å². The second-order valence-electron chi connectivity index (χ2n) is 4.19. The standard InChI is InChI=1S/C11H23NO2/c12-9-11(14-7-6-13)8-10-4-2-1-3-5-10/h10-11,13H,1-9,12H2. The minimum Gasteiger partial charge on any atom is -0.394 e. The highest BCUT2D eigenvalue weighted by molar-refractivity contribution is 4.71. The first-order valence-electron chi connectivity index (χ1n) is 5.79. The fourth-order valence-corrected chi connectivity index (χ4v) is 2.25. The van der Waals surface area contributed by atoms with Crippen LogP contribution in [0.15, 0.2) is 0 Å². The number of hydrogen-bond acceptors (Lipinski definition) is 3. The Labute approximate surface area is 86.6 Å². The monoisotopic (exact) mass is 201 g/mol. The summed E-state index contributed by atoms with van der Waals surface area (Å²) >= 11 is 0. The predicted molar refractivity (Wildman–Crippen MR) is 57.1 cm³/mol. The molecule has 3 nitrogen and oxygen atoms in total. The van der Waals surface area contributed by atoms with E-state index < -0.39 is 0 Å². The summed E-state index contributed by atoms with van der Waals surface area (Å²) in [6.07, 6.45) is 8.02. The van der Waals surface area contributed by atoms with Gasteiger partial charge < -0.3 is 15.6 Å². The molecule has 0 radical (unpaired) electrons. The number of rotatable bonds is 6. The number of hydrogen-bond donors (Lipinski definition) is 2. The molecule has 0 heterocycles. The number of nitrogens with two attached hydrogens (primary N) is 1. The molecule has 1 atom stereocenters. The van der Waals surface area contributed by atoms with Gasteiger partial charge in [0.05, 0.1) is 19.3 Å². The zero-order chi connectivity index (χ0) is 10.2. The first-order valence-corrected chi connectivity index (χ1v) is 5.79. The molecule has 1 saturated carbocycles. The van der Waals surface area contributed by atoms with Gasteiger partial charge in [-0.2, -0.15) is 0 Å². The maximum absolute atomic E-state index is 8.65. The van der Waals surface area contributed by atoms with Crippen LogP contribution in [0.1, 0.15) is 38.5 Å². The molecule has 0 aromatic rings. The highest BCUT2D eigenvalue weighted by atomic mass is 16.5. The van der Waals surface area contributed by atoms with Crippen molar-refractivity contribution >= 4 is 0 Å². The van der Waals surface area contributed by atoms with Crippen LogP contribution >= 0.6 is 0 Å². The van der Waals surface area contributed by atoms with Gasteiger partial charge in [-0.05, 0) is 12.3 Å². The van der Waals surface area contributed by atoms with Crippen LogP contribution in [0.5, 0.6) is 0 Å². The predicted octanol–water partition coefficient (Wildman–Crippen LogP) is 1.29. The van der Waals surface area contributed by atoms with Crippen molar-refractivity contribution in [3.63, 3.8) is 0 Å². The molecule has 0 bridgehead atoms. The Morgan fingerprint density at radius 3 is 2.57 bits per heavy atom. The van der Waals surface area contributed by atoms with Gasteiger partial charge in [0.1, 0.15) is 0 Å². The Balaban J connectivity index is 2.16. The van der Waals surface area contributed by atoms with E-state index >= 15 is 0 Å². The Bertz CT molecular complexity index is 135. The van der Waals surface area contributed by atoms with E-state index in [0.717, 1.165) is 12.3 Å². The van der Waals surface area contributed by atoms with Crippen LogP contribution in [0.2, 0.25) is 0 Å². The molecule has 0 aromatic heterocycles. The molecule has 1 rings (SSSR count). The molecule has 0 saturated heterocycles. The average Bonchev–Trinajstić information content (AvgIpc) is 2.25. The van der Waals surface area contributed by atoms with E-state index in [1.165, 1.54) is 32.1 Å². The van der Waals surface area contributed by atoms with E-state index in [0.29, 0.717) is 13.2 Å². The molecular weight excluding hydrogens is 178 g/mol. The summed E-state index contributed by atoms with van der Waals surface area (Å²) in [4.78, 5) is 0. The van der Waals surface area contributed by atoms with Crippen LogP contribution in [0.3, 0.4) is 0 Å². The van der Waals surface area contributed by atoms with Crippen LogP contribution < -0.4 is 5.73 Å². The molecule has 3 N–H and O–H groups in total. The molecule has 1 aliphatic rings. The fraction of sp³-hybridized carbons (Fsp3) is 1.00. The van der Waals surface area contributed by atoms with Crippen LogP contribution in [0.4, 0.5) is 0 Å². The maximum atomic E-state index is 8.65. The highest BCUT2D eigenvalue weighted by Crippen LogP contribution is 2.27. The molecule has 0 spiro atoms. The summed E-state index contributed by atoms with van der Waals surface area (Å²) in [5.74, 6) is 0.802. The SMILES string of the molecule is NCC(CC1CCCCC1)OCCO. The van der Waals surface area contributed by atoms with E-state index in [-0.39, 0.29) is 12.7 Å². The van der Waals surface area contributed by atoms with Crippen molar-refractivity contribution in [2.45, 2.75) is 44.6 Å². The van der Waals surface area contributed by atoms with Gasteiger partial charge in [0.15, 0.2) is 0 Å². The summed E-state index contributed by atoms with van der Waals surface area (Å²) in [5.41, 5.74) is 5.62. The molecule has 0 amide bonds. The third-order valence-electron chi connectivity index (χ3n) is 3.03. The molecule has 0 aromatic carbocycles. The molecule has 1 aliphatic carbocycles. The van der Waals surface area contributed by atoms with Crippen molar-refractivity contribution in [3.05, 3.63) is 0 Å². The molecule has 3 heteroatoms. The number of aliphatic hydroxyl groups excluding tert-OH is 1. The van der Waals surface area contributed by atoms with Gasteiger partial charge in [0.2, 0.25) is 0 Å². The van der Waals surface area contributed by atoms with Gasteiger partial charge in [-0.25, -0.2) is 0 Å². The zero-order valence-corrected chi connectivity index (χ0v) is 8.95. The van der Waals surface area contributed by atoms with E-state index in [4.69, 9.17) is 15.6 Å². The molecule has 0 aliphatic heterocycles. The minimum absolute atomic E-state index is 0.0984. The van der Waals surface area contributed by atoms with E-state index in [1.807, 2.05) is 0 Å². The van der Waals surface area contributed by atoms with E-state index in [9.17, 15) is 0 Å². The minimum atomic E-state index is 0.0984. The van der Waals surface area contributed by atoms with Gasteiger partial charge in [0.25, 0.3) is 0 Å². The van der Waals surface area contributed by atoms with Crippen LogP contribution in [-0.2, 0) is 4.74 Å². The highest BCUT2D eigenvalue weighted by Gasteiger charge is 2.18. The molecule has 1 fully saturated rings. The van der Waals surface area contributed by atoms with Crippen LogP contribution in [0, 0.1) is 5.92 Å². The van der Waals surface area contributed by atoms with Gasteiger partial charge in [-0.15, -0.1) is 0 Å². The smallest absolute Gasteiger partial charge is 0.0702 e. The van der Waals surface area contributed by atoms with Crippen molar-refractivity contribution < 1.29 is 9.84 Å². The molecular formula is C11H23NO2. The summed E-state index contributed by atoms with van der Waals surface area (Å²) in [5, 5.41) is 8.65. The van der Waals surface area contributed by atoms with Crippen LogP contribution in [-0.4, -0.2) is 31.0 Å². The molecule has 14 heavy (non-hydrogen) atoms. The van der Waals surface area contributed by atoms with E-state index in [2.05, 4.69) is 0 Å². The summed E-state index contributed by atoms with van der Waals surface area (Å²) in [6.45, 7) is 1.10. The first kappa shape index (κ1) is 12.0. The molecule has 1 unspecified atom stereocenters. The largest absolute Gasteiger partial charge is 0.394 e. The Morgan fingerprint density at radius 1 is 1.29 bits per heavy atom. The zero-order valence-electron chi connectivity index (χ0n) is 8.95. The quantitative estimate of drug-likeness (QED) is 0.681. The Morgan fingerprint density at radius 2 is 2.00 bits per heavy atom. The summed E-state index contributed by atoms with van der Waals surface area (Å²) < 4.78 is 5.47. The van der Waals surface area contributed by atoms with E-state index in [1.54, 1.807) is 0 Å². The lowest BCUT2D eigenvalue weighted by atomic mass is 9.85. The van der Waals surface area contributed by atoms with Gasteiger partial charge >= 0.3 is 0 Å². The van der Waals surface area contributed by atoms with Crippen molar-refractivity contribution in [1.82, 2.24) is 0 Å². The summed E-state index contributed by atoms with van der Waals surface area (Å²) in [6, 6.07) is 0. The Hall–Kier alpha value is -0.120. The van der Waals surface area contributed by atoms with Gasteiger partial charge in [-0.1, -0.05) is 32.1 Å². The second kappa shape index (κ2) is 7.21. The summed E-state index contributed by atoms with van der Waals surface area (Å²) in [7, 11) is 0. The lowest BCUT2D eigenvalue weighted by molar-refractivity contribution is 0.0170. The molecule has 84 valence electrons. The topological polar surface area (TPSA) is 55.5 Å². The van der Waals surface area contributed by atoms with Gasteiger partial charge in [-0.3, -0.25) is 0 Å². The normalized spacial score (nSPS) is 21.0. The number of ether oxygens (including phenoxy) is 1. The number of aliphatic hydroxyl groups is 1.